The van der Waals surface area contributed by atoms with E-state index in [0.717, 1.165) is 18.4 Å². The zero-order valence-electron chi connectivity index (χ0n) is 10.4. The van der Waals surface area contributed by atoms with E-state index in [2.05, 4.69) is 40.5 Å². The van der Waals surface area contributed by atoms with Crippen LogP contribution in [0.1, 0.15) is 32.6 Å². The summed E-state index contributed by atoms with van der Waals surface area (Å²) in [5.41, 5.74) is 0.838. The number of hydrogen-bond donors (Lipinski definition) is 0. The van der Waals surface area contributed by atoms with Gasteiger partial charge in [0.1, 0.15) is 0 Å². The molecule has 96 valence electrons. The highest BCUT2D eigenvalue weighted by molar-refractivity contribution is 14.1. The van der Waals surface area contributed by atoms with Gasteiger partial charge in [-0.3, -0.25) is 4.90 Å². The lowest BCUT2D eigenvalue weighted by Crippen LogP contribution is -2.44. The summed E-state index contributed by atoms with van der Waals surface area (Å²) >= 11 is 2.36. The molecule has 4 unspecified atom stereocenters. The Morgan fingerprint density at radius 2 is 2.39 bits per heavy atom. The van der Waals surface area contributed by atoms with Crippen LogP contribution < -0.4 is 0 Å². The number of nitrogens with zero attached hydrogens (tertiary/aromatic N) is 1. The minimum atomic E-state index is -0.309. The third kappa shape index (κ3) is 1.21. The molecular formula is C14H16INO2. The highest BCUT2D eigenvalue weighted by Crippen LogP contribution is 2.56. The topological polar surface area (TPSA) is 29.5 Å². The maximum absolute atomic E-state index is 11.7. The van der Waals surface area contributed by atoms with Gasteiger partial charge in [0.2, 0.25) is 0 Å². The number of fused-ring (bicyclic) bond motifs is 3. The molecule has 3 aliphatic heterocycles. The quantitative estimate of drug-likeness (QED) is 0.534. The summed E-state index contributed by atoms with van der Waals surface area (Å²) in [5.74, 6) is -0.144. The first-order valence-electron chi connectivity index (χ1n) is 6.76. The second-order valence-electron chi connectivity index (χ2n) is 5.76. The van der Waals surface area contributed by atoms with Crippen LogP contribution in [-0.4, -0.2) is 34.6 Å². The Morgan fingerprint density at radius 1 is 1.56 bits per heavy atom. The first kappa shape index (κ1) is 11.5. The second kappa shape index (κ2) is 3.60. The molecule has 0 N–H and O–H groups in total. The van der Waals surface area contributed by atoms with E-state index in [1.807, 2.05) is 0 Å². The van der Waals surface area contributed by atoms with Gasteiger partial charge in [-0.2, -0.15) is 0 Å². The molecule has 2 fully saturated rings. The van der Waals surface area contributed by atoms with Gasteiger partial charge in [0.05, 0.1) is 6.04 Å². The van der Waals surface area contributed by atoms with Gasteiger partial charge in [0.15, 0.2) is 5.60 Å². The zero-order chi connectivity index (χ0) is 12.5. The maximum Gasteiger partial charge on any atom is 0.332 e. The summed E-state index contributed by atoms with van der Waals surface area (Å²) in [7, 11) is 0. The minimum absolute atomic E-state index is 0.144. The largest absolute Gasteiger partial charge is 0.449 e. The highest BCUT2D eigenvalue weighted by atomic mass is 127. The van der Waals surface area contributed by atoms with Crippen molar-refractivity contribution in [2.24, 2.45) is 0 Å². The first-order valence-corrected chi connectivity index (χ1v) is 7.84. The van der Waals surface area contributed by atoms with Gasteiger partial charge >= 0.3 is 5.97 Å². The van der Waals surface area contributed by atoms with Crippen LogP contribution in [0, 0.1) is 0 Å². The van der Waals surface area contributed by atoms with Crippen molar-refractivity contribution in [3.63, 3.8) is 0 Å². The Labute approximate surface area is 120 Å². The standard InChI is InChI=1S/C14H16INO2/c1-2-8-3-4-12-14-7-9(16(8)12)5-11(15)10(14)6-13(17)18-14/h5-6,8-9,12H,2-4,7H2,1H3. The fourth-order valence-corrected chi connectivity index (χ4v) is 5.45. The molecule has 3 heterocycles. The molecule has 0 amide bonds. The number of carbonyl (C=O) groups is 1. The summed E-state index contributed by atoms with van der Waals surface area (Å²) in [6.07, 6.45) is 8.63. The summed E-state index contributed by atoms with van der Waals surface area (Å²) in [6.45, 7) is 2.26. The van der Waals surface area contributed by atoms with Crippen LogP contribution in [0.2, 0.25) is 0 Å². The summed E-state index contributed by atoms with van der Waals surface area (Å²) in [4.78, 5) is 14.4. The van der Waals surface area contributed by atoms with Crippen molar-refractivity contribution in [3.05, 3.63) is 21.3 Å². The van der Waals surface area contributed by atoms with Gasteiger partial charge < -0.3 is 4.74 Å². The van der Waals surface area contributed by atoms with E-state index in [4.69, 9.17) is 4.74 Å². The van der Waals surface area contributed by atoms with E-state index in [-0.39, 0.29) is 11.6 Å². The molecule has 4 heteroatoms. The highest BCUT2D eigenvalue weighted by Gasteiger charge is 2.63. The molecule has 4 atom stereocenters. The number of halogens is 1. The van der Waals surface area contributed by atoms with Gasteiger partial charge in [0, 0.05) is 33.7 Å². The van der Waals surface area contributed by atoms with Crippen LogP contribution in [0.5, 0.6) is 0 Å². The van der Waals surface area contributed by atoms with Crippen molar-refractivity contribution < 1.29 is 9.53 Å². The monoisotopic (exact) mass is 357 g/mol. The van der Waals surface area contributed by atoms with Crippen LogP contribution in [0.15, 0.2) is 21.3 Å². The predicted octanol–water partition coefficient (Wildman–Crippen LogP) is 2.56. The molecule has 0 aromatic heterocycles. The molecule has 0 aromatic carbocycles. The number of ether oxygens (including phenoxy) is 1. The Bertz CT molecular complexity index is 498. The molecule has 4 aliphatic rings. The average molecular weight is 357 g/mol. The van der Waals surface area contributed by atoms with E-state index in [1.54, 1.807) is 6.08 Å². The summed E-state index contributed by atoms with van der Waals surface area (Å²) in [5, 5.41) is 0. The first-order chi connectivity index (χ1) is 8.65. The van der Waals surface area contributed by atoms with Crippen molar-refractivity contribution in [1.29, 1.82) is 0 Å². The molecule has 4 rings (SSSR count). The molecule has 1 aliphatic carbocycles. The Morgan fingerprint density at radius 3 is 3.17 bits per heavy atom. The summed E-state index contributed by atoms with van der Waals surface area (Å²) < 4.78 is 7.02. The molecule has 3 nitrogen and oxygen atoms in total. The number of rotatable bonds is 1. The normalized spacial score (nSPS) is 45.4. The van der Waals surface area contributed by atoms with Crippen molar-refractivity contribution in [3.8, 4) is 0 Å². The lowest BCUT2D eigenvalue weighted by atomic mass is 9.81. The van der Waals surface area contributed by atoms with Crippen molar-refractivity contribution in [2.45, 2.75) is 56.3 Å². The molecular weight excluding hydrogens is 341 g/mol. The average Bonchev–Trinajstić information content (AvgIpc) is 2.94. The van der Waals surface area contributed by atoms with Crippen LogP contribution in [-0.2, 0) is 9.53 Å². The van der Waals surface area contributed by atoms with Crippen LogP contribution in [0.3, 0.4) is 0 Å². The van der Waals surface area contributed by atoms with E-state index < -0.39 is 0 Å². The lowest BCUT2D eigenvalue weighted by molar-refractivity contribution is -0.147. The number of carbonyl (C=O) groups excluding carboxylic acids is 1. The molecule has 2 bridgehead atoms. The number of hydrogen-bond acceptors (Lipinski definition) is 3. The van der Waals surface area contributed by atoms with Crippen LogP contribution in [0.4, 0.5) is 0 Å². The fraction of sp³-hybridized carbons (Fsp3) is 0.643. The zero-order valence-corrected chi connectivity index (χ0v) is 12.5. The lowest BCUT2D eigenvalue weighted by Gasteiger charge is -2.32. The molecule has 0 saturated carbocycles. The van der Waals surface area contributed by atoms with Crippen LogP contribution in [0.25, 0.3) is 0 Å². The number of esters is 1. The predicted molar refractivity (Wildman–Crippen MR) is 76.4 cm³/mol. The molecule has 0 aromatic rings. The van der Waals surface area contributed by atoms with E-state index in [0.29, 0.717) is 18.1 Å². The Hall–Kier alpha value is -0.360. The van der Waals surface area contributed by atoms with Crippen molar-refractivity contribution in [2.75, 3.05) is 0 Å². The van der Waals surface area contributed by atoms with Gasteiger partial charge in [-0.15, -0.1) is 0 Å². The third-order valence-corrected chi connectivity index (χ3v) is 6.00. The van der Waals surface area contributed by atoms with Crippen molar-refractivity contribution >= 4 is 28.6 Å². The maximum atomic E-state index is 11.7. The Kier molecular flexibility index (Phi) is 2.29. The SMILES string of the molecule is CCC1CCC2N1C1C=C(I)C3=CC(=O)OC32C1. The van der Waals surface area contributed by atoms with Gasteiger partial charge in [0.25, 0.3) is 0 Å². The van der Waals surface area contributed by atoms with E-state index in [1.165, 1.54) is 16.4 Å². The van der Waals surface area contributed by atoms with E-state index >= 15 is 0 Å². The third-order valence-electron chi connectivity index (χ3n) is 5.06. The molecule has 1 spiro atoms. The minimum Gasteiger partial charge on any atom is -0.449 e. The smallest absolute Gasteiger partial charge is 0.332 e. The molecule has 18 heavy (non-hydrogen) atoms. The Balaban J connectivity index is 1.85. The van der Waals surface area contributed by atoms with Crippen LogP contribution >= 0.6 is 22.6 Å². The van der Waals surface area contributed by atoms with Gasteiger partial charge in [-0.05, 0) is 41.9 Å². The molecule has 2 saturated heterocycles. The summed E-state index contributed by atoms with van der Waals surface area (Å²) in [6, 6.07) is 1.55. The molecule has 0 radical (unpaired) electrons. The fourth-order valence-electron chi connectivity index (χ4n) is 4.42. The van der Waals surface area contributed by atoms with E-state index in [9.17, 15) is 4.79 Å². The van der Waals surface area contributed by atoms with Gasteiger partial charge in [-0.25, -0.2) is 4.79 Å². The van der Waals surface area contributed by atoms with Crippen molar-refractivity contribution in [1.82, 2.24) is 4.90 Å². The second-order valence-corrected chi connectivity index (χ2v) is 6.92. The van der Waals surface area contributed by atoms with Gasteiger partial charge in [-0.1, -0.05) is 13.0 Å².